The Bertz CT molecular complexity index is 1880. The van der Waals surface area contributed by atoms with Crippen LogP contribution in [0.15, 0.2) is 24.3 Å². The number of carbonyl (C=O) groups excluding carboxylic acids is 4. The molecule has 5 atom stereocenters. The molecule has 0 aromatic carbocycles. The highest BCUT2D eigenvalue weighted by atomic mass is 31.2. The molecular weight excluding hydrogens is 1220 g/mol. The lowest BCUT2D eigenvalue weighted by molar-refractivity contribution is -0.161. The van der Waals surface area contributed by atoms with Crippen LogP contribution in [-0.4, -0.2) is 96.7 Å². The molecule has 0 aliphatic rings. The maximum absolute atomic E-state index is 13.1. The molecule has 0 rings (SSSR count). The number of phosphoric ester groups is 2. The zero-order chi connectivity index (χ0) is 68.4. The Balaban J connectivity index is 5.28. The first-order valence-electron chi connectivity index (χ1n) is 38.0. The molecule has 0 aromatic rings. The summed E-state index contributed by atoms with van der Waals surface area (Å²) in [7, 11) is -9.92. The van der Waals surface area contributed by atoms with Crippen LogP contribution in [0.3, 0.4) is 0 Å². The van der Waals surface area contributed by atoms with Crippen LogP contribution in [-0.2, 0) is 65.4 Å². The second-order valence-electron chi connectivity index (χ2n) is 26.5. The van der Waals surface area contributed by atoms with E-state index in [0.717, 1.165) is 109 Å². The van der Waals surface area contributed by atoms with E-state index >= 15 is 0 Å². The van der Waals surface area contributed by atoms with Crippen molar-refractivity contribution in [3.05, 3.63) is 24.3 Å². The Labute approximate surface area is 567 Å². The molecule has 19 heteroatoms. The summed E-state index contributed by atoms with van der Waals surface area (Å²) in [6, 6.07) is 0. The van der Waals surface area contributed by atoms with Crippen molar-refractivity contribution in [3.8, 4) is 0 Å². The van der Waals surface area contributed by atoms with E-state index in [1.54, 1.807) is 0 Å². The average molecular weight is 1360 g/mol. The van der Waals surface area contributed by atoms with Gasteiger partial charge in [-0.15, -0.1) is 0 Å². The van der Waals surface area contributed by atoms with Crippen LogP contribution >= 0.6 is 15.6 Å². The fraction of sp³-hybridized carbons (Fsp3) is 0.892. The number of unbranched alkanes of at least 4 members (excludes halogenated alkanes) is 41. The number of esters is 4. The van der Waals surface area contributed by atoms with E-state index in [2.05, 4.69) is 58.9 Å². The molecule has 17 nitrogen and oxygen atoms in total. The second kappa shape index (κ2) is 66.8. The molecule has 2 unspecified atom stereocenters. The molecule has 0 heterocycles. The molecule has 0 bridgehead atoms. The van der Waals surface area contributed by atoms with E-state index in [0.29, 0.717) is 25.7 Å². The van der Waals surface area contributed by atoms with Gasteiger partial charge in [-0.3, -0.25) is 37.3 Å². The highest BCUT2D eigenvalue weighted by molar-refractivity contribution is 7.47. The van der Waals surface area contributed by atoms with Crippen molar-refractivity contribution in [2.75, 3.05) is 39.6 Å². The van der Waals surface area contributed by atoms with Crippen molar-refractivity contribution in [1.29, 1.82) is 0 Å². The van der Waals surface area contributed by atoms with Crippen LogP contribution in [0.5, 0.6) is 0 Å². The van der Waals surface area contributed by atoms with Crippen molar-refractivity contribution in [1.82, 2.24) is 0 Å². The van der Waals surface area contributed by atoms with Gasteiger partial charge in [-0.25, -0.2) is 9.13 Å². The Morgan fingerprint density at radius 3 is 0.882 bits per heavy atom. The van der Waals surface area contributed by atoms with Crippen LogP contribution < -0.4 is 0 Å². The molecule has 0 saturated heterocycles. The highest BCUT2D eigenvalue weighted by Gasteiger charge is 2.30. The van der Waals surface area contributed by atoms with Gasteiger partial charge in [0.05, 0.1) is 26.4 Å². The third-order valence-corrected chi connectivity index (χ3v) is 18.6. The molecule has 0 spiro atoms. The third kappa shape index (κ3) is 67.9. The summed E-state index contributed by atoms with van der Waals surface area (Å²) in [5.74, 6) is -1.37. The smallest absolute Gasteiger partial charge is 0.462 e. The lowest BCUT2D eigenvalue weighted by Crippen LogP contribution is -2.30. The maximum Gasteiger partial charge on any atom is 0.472 e. The number of hydrogen-bond acceptors (Lipinski definition) is 15. The minimum absolute atomic E-state index is 0.0853. The SMILES string of the molecule is CCCCCC/C=C\C=C/CCCCCCCC(=O)O[C@H](COC(=O)CCCCCCCCCCCCCCC(C)C)COP(=O)(O)OC[C@@H](O)COP(=O)(O)OC[C@@H](COC(=O)CCCCCCCCCCCC)OC(=O)CCCCCCCCCCCCCCC. The quantitative estimate of drug-likeness (QED) is 0.0169. The number of hydrogen-bond donors (Lipinski definition) is 3. The molecule has 3 N–H and O–H groups in total. The molecule has 0 saturated carbocycles. The van der Waals surface area contributed by atoms with Gasteiger partial charge in [0.25, 0.3) is 0 Å². The molecule has 93 heavy (non-hydrogen) atoms. The number of phosphoric acid groups is 2. The Morgan fingerprint density at radius 2 is 0.581 bits per heavy atom. The predicted molar refractivity (Wildman–Crippen MR) is 377 cm³/mol. The van der Waals surface area contributed by atoms with Gasteiger partial charge in [-0.2, -0.15) is 0 Å². The lowest BCUT2D eigenvalue weighted by atomic mass is 10.0. The molecule has 548 valence electrons. The number of aliphatic hydroxyl groups excluding tert-OH is 1. The third-order valence-electron chi connectivity index (χ3n) is 16.7. The van der Waals surface area contributed by atoms with Crippen LogP contribution in [0.1, 0.15) is 362 Å². The van der Waals surface area contributed by atoms with Gasteiger partial charge in [0.15, 0.2) is 12.2 Å². The van der Waals surface area contributed by atoms with Crippen molar-refractivity contribution in [3.63, 3.8) is 0 Å². The van der Waals surface area contributed by atoms with Gasteiger partial charge in [-0.05, 0) is 57.3 Å². The topological polar surface area (TPSA) is 237 Å². The summed E-state index contributed by atoms with van der Waals surface area (Å²) in [4.78, 5) is 72.7. The van der Waals surface area contributed by atoms with Crippen molar-refractivity contribution in [2.24, 2.45) is 5.92 Å². The molecule has 0 radical (unpaired) electrons. The standard InChI is InChI=1S/C74H140O17P2/c1-6-9-12-15-18-21-24-26-27-29-35-40-45-50-55-60-74(79)91-70(64-85-72(77)58-53-48-43-38-33-31-30-32-36-41-46-51-56-67(4)5)66-89-93(82,83)87-62-68(75)61-86-92(80,81)88-65-69(63-84-71(76)57-52-47-42-37-23-20-17-14-11-8-3)90-73(78)59-54-49-44-39-34-28-25-22-19-16-13-10-7-2/h21,24,26-27,67-70,75H,6-20,22-23,25,28-66H2,1-5H3,(H,80,81)(H,82,83)/b24-21-,27-26-/t68-,69+,70+/m0/s1. The van der Waals surface area contributed by atoms with E-state index in [1.165, 1.54) is 173 Å². The summed E-state index contributed by atoms with van der Waals surface area (Å²) in [5.41, 5.74) is 0. The molecule has 0 aliphatic carbocycles. The summed E-state index contributed by atoms with van der Waals surface area (Å²) in [6.45, 7) is 7.22. The lowest BCUT2D eigenvalue weighted by Gasteiger charge is -2.21. The normalized spacial score (nSPS) is 14.2. The minimum Gasteiger partial charge on any atom is -0.462 e. The van der Waals surface area contributed by atoms with Gasteiger partial charge in [-0.1, -0.05) is 309 Å². The summed E-state index contributed by atoms with van der Waals surface area (Å²) < 4.78 is 68.4. The number of rotatable bonds is 72. The van der Waals surface area contributed by atoms with E-state index in [4.69, 9.17) is 37.0 Å². The first-order valence-corrected chi connectivity index (χ1v) is 40.9. The predicted octanol–water partition coefficient (Wildman–Crippen LogP) is 21.2. The molecule has 0 fully saturated rings. The second-order valence-corrected chi connectivity index (χ2v) is 29.4. The van der Waals surface area contributed by atoms with Crippen molar-refractivity contribution in [2.45, 2.75) is 380 Å². The Kier molecular flexibility index (Phi) is 65.0. The van der Waals surface area contributed by atoms with Gasteiger partial charge >= 0.3 is 39.5 Å². The van der Waals surface area contributed by atoms with Crippen molar-refractivity contribution < 1.29 is 80.2 Å². The van der Waals surface area contributed by atoms with Crippen LogP contribution in [0, 0.1) is 5.92 Å². The molecular formula is C74H140O17P2. The first-order chi connectivity index (χ1) is 45.0. The Morgan fingerprint density at radius 1 is 0.333 bits per heavy atom. The number of carbonyl (C=O) groups is 4. The summed E-state index contributed by atoms with van der Waals surface area (Å²) >= 11 is 0. The van der Waals surface area contributed by atoms with Gasteiger partial charge in [0, 0.05) is 25.7 Å². The van der Waals surface area contributed by atoms with Crippen LogP contribution in [0.4, 0.5) is 0 Å². The molecule has 0 amide bonds. The van der Waals surface area contributed by atoms with E-state index in [-0.39, 0.29) is 25.7 Å². The van der Waals surface area contributed by atoms with Gasteiger partial charge < -0.3 is 33.8 Å². The number of allylic oxidation sites excluding steroid dienone is 4. The Hall–Kier alpha value is -2.46. The summed E-state index contributed by atoms with van der Waals surface area (Å²) in [6.07, 6.45) is 57.5. The zero-order valence-corrected chi connectivity index (χ0v) is 61.7. The van der Waals surface area contributed by atoms with Gasteiger partial charge in [0.1, 0.15) is 19.3 Å². The molecule has 0 aromatic heterocycles. The first kappa shape index (κ1) is 90.5. The highest BCUT2D eigenvalue weighted by Crippen LogP contribution is 2.45. The fourth-order valence-electron chi connectivity index (χ4n) is 10.8. The fourth-order valence-corrected chi connectivity index (χ4v) is 12.4. The molecule has 0 aliphatic heterocycles. The number of aliphatic hydroxyl groups is 1. The monoisotopic (exact) mass is 1360 g/mol. The summed E-state index contributed by atoms with van der Waals surface area (Å²) in [5, 5.41) is 10.6. The zero-order valence-electron chi connectivity index (χ0n) is 59.9. The van der Waals surface area contributed by atoms with Crippen LogP contribution in [0.2, 0.25) is 0 Å². The van der Waals surface area contributed by atoms with E-state index in [9.17, 15) is 43.2 Å². The average Bonchev–Trinajstić information content (AvgIpc) is 2.30. The van der Waals surface area contributed by atoms with Crippen LogP contribution in [0.25, 0.3) is 0 Å². The van der Waals surface area contributed by atoms with E-state index in [1.807, 2.05) is 0 Å². The maximum atomic E-state index is 13.1. The van der Waals surface area contributed by atoms with E-state index < -0.39 is 97.5 Å². The van der Waals surface area contributed by atoms with Gasteiger partial charge in [0.2, 0.25) is 0 Å². The largest absolute Gasteiger partial charge is 0.472 e. The number of ether oxygens (including phenoxy) is 4. The minimum atomic E-state index is -4.96. The van der Waals surface area contributed by atoms with Crippen molar-refractivity contribution >= 4 is 39.5 Å².